The minimum Gasteiger partial charge on any atom is -0.319 e. The number of hydrogen-bond donors (Lipinski definition) is 1. The lowest BCUT2D eigenvalue weighted by molar-refractivity contribution is 0.102. The number of carbonyl (C=O) groups excluding carboxylic acids is 1. The van der Waals surface area contributed by atoms with E-state index < -0.39 is 0 Å². The van der Waals surface area contributed by atoms with Crippen molar-refractivity contribution in [1.29, 1.82) is 0 Å². The van der Waals surface area contributed by atoms with Crippen LogP contribution in [0.5, 0.6) is 0 Å². The van der Waals surface area contributed by atoms with Crippen molar-refractivity contribution in [3.63, 3.8) is 0 Å². The fraction of sp³-hybridized carbons (Fsp3) is 0.238. The van der Waals surface area contributed by atoms with Gasteiger partial charge in [0, 0.05) is 10.6 Å². The SMILES string of the molecule is CCc1ccc(C(=O)Nc2c(C)nn(Cc3cccc(Cl)c3)c2C)cc1. The molecule has 3 rings (SSSR count). The number of nitrogens with one attached hydrogen (secondary N) is 1. The van der Waals surface area contributed by atoms with Crippen LogP contribution in [0.4, 0.5) is 5.69 Å². The third-order valence-corrected chi connectivity index (χ3v) is 4.70. The third-order valence-electron chi connectivity index (χ3n) is 4.47. The van der Waals surface area contributed by atoms with Gasteiger partial charge in [0.1, 0.15) is 0 Å². The second-order valence-corrected chi connectivity index (χ2v) is 6.77. The quantitative estimate of drug-likeness (QED) is 0.688. The largest absolute Gasteiger partial charge is 0.319 e. The summed E-state index contributed by atoms with van der Waals surface area (Å²) in [5.41, 5.74) is 5.39. The van der Waals surface area contributed by atoms with Gasteiger partial charge >= 0.3 is 0 Å². The topological polar surface area (TPSA) is 46.9 Å². The summed E-state index contributed by atoms with van der Waals surface area (Å²) in [4.78, 5) is 12.6. The van der Waals surface area contributed by atoms with Gasteiger partial charge in [-0.05, 0) is 55.7 Å². The van der Waals surface area contributed by atoms with Crippen molar-refractivity contribution >= 4 is 23.2 Å². The maximum Gasteiger partial charge on any atom is 0.255 e. The Bertz CT molecular complexity index is 929. The molecule has 0 fully saturated rings. The Morgan fingerprint density at radius 3 is 2.50 bits per heavy atom. The van der Waals surface area contributed by atoms with Crippen LogP contribution in [0.3, 0.4) is 0 Å². The van der Waals surface area contributed by atoms with E-state index in [1.54, 1.807) is 0 Å². The summed E-state index contributed by atoms with van der Waals surface area (Å²) in [6, 6.07) is 15.4. The van der Waals surface area contributed by atoms with E-state index in [2.05, 4.69) is 17.3 Å². The van der Waals surface area contributed by atoms with Crippen LogP contribution >= 0.6 is 11.6 Å². The van der Waals surface area contributed by atoms with Crippen LogP contribution in [0.15, 0.2) is 48.5 Å². The van der Waals surface area contributed by atoms with Gasteiger partial charge in [-0.25, -0.2) is 0 Å². The van der Waals surface area contributed by atoms with Crippen molar-refractivity contribution in [2.75, 3.05) is 5.32 Å². The fourth-order valence-corrected chi connectivity index (χ4v) is 3.13. The molecule has 3 aromatic rings. The molecule has 2 aromatic carbocycles. The predicted molar refractivity (Wildman–Crippen MR) is 106 cm³/mol. The Hall–Kier alpha value is -2.59. The number of carbonyl (C=O) groups is 1. The number of rotatable bonds is 5. The zero-order valence-electron chi connectivity index (χ0n) is 15.2. The van der Waals surface area contributed by atoms with E-state index in [0.29, 0.717) is 17.1 Å². The van der Waals surface area contributed by atoms with Crippen LogP contribution < -0.4 is 5.32 Å². The van der Waals surface area contributed by atoms with Crippen LogP contribution in [0, 0.1) is 13.8 Å². The van der Waals surface area contributed by atoms with E-state index in [4.69, 9.17) is 11.6 Å². The molecule has 0 aliphatic heterocycles. The molecule has 0 unspecified atom stereocenters. The predicted octanol–water partition coefficient (Wildman–Crippen LogP) is 5.02. The Balaban J connectivity index is 1.80. The number of anilines is 1. The van der Waals surface area contributed by atoms with Crippen LogP contribution in [-0.4, -0.2) is 15.7 Å². The zero-order chi connectivity index (χ0) is 18.7. The molecule has 0 saturated carbocycles. The van der Waals surface area contributed by atoms with Gasteiger partial charge in [0.2, 0.25) is 0 Å². The van der Waals surface area contributed by atoms with Gasteiger partial charge in [-0.1, -0.05) is 42.8 Å². The summed E-state index contributed by atoms with van der Waals surface area (Å²) < 4.78 is 1.89. The highest BCUT2D eigenvalue weighted by molar-refractivity contribution is 6.30. The molecule has 0 aliphatic rings. The normalized spacial score (nSPS) is 10.8. The first kappa shape index (κ1) is 18.2. The zero-order valence-corrected chi connectivity index (χ0v) is 16.0. The lowest BCUT2D eigenvalue weighted by Crippen LogP contribution is -2.13. The van der Waals surface area contributed by atoms with Gasteiger partial charge in [0.05, 0.1) is 23.6 Å². The molecule has 0 bridgehead atoms. The van der Waals surface area contributed by atoms with Gasteiger partial charge in [-0.2, -0.15) is 5.10 Å². The first-order chi connectivity index (χ1) is 12.5. The number of halogens is 1. The molecule has 0 saturated heterocycles. The lowest BCUT2D eigenvalue weighted by atomic mass is 10.1. The number of hydrogen-bond acceptors (Lipinski definition) is 2. The second-order valence-electron chi connectivity index (χ2n) is 6.34. The molecule has 134 valence electrons. The maximum absolute atomic E-state index is 12.6. The summed E-state index contributed by atoms with van der Waals surface area (Å²) in [6.45, 7) is 6.56. The van der Waals surface area contributed by atoms with Crippen molar-refractivity contribution in [3.05, 3.63) is 81.6 Å². The van der Waals surface area contributed by atoms with Crippen molar-refractivity contribution in [3.8, 4) is 0 Å². The number of nitrogens with zero attached hydrogens (tertiary/aromatic N) is 2. The number of aryl methyl sites for hydroxylation is 2. The molecular weight excluding hydrogens is 346 g/mol. The minimum absolute atomic E-state index is 0.124. The Morgan fingerprint density at radius 1 is 1.12 bits per heavy atom. The summed E-state index contributed by atoms with van der Waals surface area (Å²) >= 11 is 6.06. The van der Waals surface area contributed by atoms with Gasteiger partial charge < -0.3 is 5.32 Å². The smallest absolute Gasteiger partial charge is 0.255 e. The third kappa shape index (κ3) is 3.97. The highest BCUT2D eigenvalue weighted by Gasteiger charge is 2.15. The molecular formula is C21H22ClN3O. The summed E-state index contributed by atoms with van der Waals surface area (Å²) in [5, 5.41) is 8.27. The average molecular weight is 368 g/mol. The molecule has 0 atom stereocenters. The molecule has 5 heteroatoms. The van der Waals surface area contributed by atoms with Crippen LogP contribution in [0.1, 0.15) is 39.8 Å². The van der Waals surface area contributed by atoms with Crippen LogP contribution in [0.25, 0.3) is 0 Å². The standard InChI is InChI=1S/C21H22ClN3O/c1-4-16-8-10-18(11-9-16)21(26)23-20-14(2)24-25(15(20)3)13-17-6-5-7-19(22)12-17/h5-12H,4,13H2,1-3H3,(H,23,26). The Morgan fingerprint density at radius 2 is 1.85 bits per heavy atom. The highest BCUT2D eigenvalue weighted by Crippen LogP contribution is 2.22. The molecule has 1 amide bonds. The summed E-state index contributed by atoms with van der Waals surface area (Å²) in [6.07, 6.45) is 0.955. The number of aromatic nitrogens is 2. The van der Waals surface area contributed by atoms with E-state index in [1.807, 2.05) is 67.1 Å². The van der Waals surface area contributed by atoms with Gasteiger partial charge in [0.15, 0.2) is 0 Å². The molecule has 4 nitrogen and oxygen atoms in total. The first-order valence-electron chi connectivity index (χ1n) is 8.66. The van der Waals surface area contributed by atoms with Crippen LogP contribution in [-0.2, 0) is 13.0 Å². The highest BCUT2D eigenvalue weighted by atomic mass is 35.5. The molecule has 26 heavy (non-hydrogen) atoms. The summed E-state index contributed by atoms with van der Waals surface area (Å²) in [5.74, 6) is -0.124. The molecule has 0 aliphatic carbocycles. The van der Waals surface area contributed by atoms with Crippen LogP contribution in [0.2, 0.25) is 5.02 Å². The molecule has 0 spiro atoms. The van der Waals surface area contributed by atoms with Crippen molar-refractivity contribution in [2.45, 2.75) is 33.7 Å². The Labute approximate surface area is 158 Å². The van der Waals surface area contributed by atoms with Crippen molar-refractivity contribution in [1.82, 2.24) is 9.78 Å². The van der Waals surface area contributed by atoms with Crippen molar-refractivity contribution in [2.24, 2.45) is 0 Å². The number of amides is 1. The van der Waals surface area contributed by atoms with Gasteiger partial charge in [0.25, 0.3) is 5.91 Å². The first-order valence-corrected chi connectivity index (χ1v) is 9.04. The van der Waals surface area contributed by atoms with E-state index in [1.165, 1.54) is 5.56 Å². The summed E-state index contributed by atoms with van der Waals surface area (Å²) in [7, 11) is 0. The van der Waals surface area contributed by atoms with E-state index in [0.717, 1.165) is 29.1 Å². The molecule has 1 aromatic heterocycles. The average Bonchev–Trinajstić information content (AvgIpc) is 2.89. The fourth-order valence-electron chi connectivity index (χ4n) is 2.92. The maximum atomic E-state index is 12.6. The van der Waals surface area contributed by atoms with Gasteiger partial charge in [-0.3, -0.25) is 9.48 Å². The van der Waals surface area contributed by atoms with E-state index in [-0.39, 0.29) is 5.91 Å². The second kappa shape index (κ2) is 7.75. The molecule has 1 heterocycles. The lowest BCUT2D eigenvalue weighted by Gasteiger charge is -2.08. The minimum atomic E-state index is -0.124. The monoisotopic (exact) mass is 367 g/mol. The Kier molecular flexibility index (Phi) is 5.43. The molecule has 0 radical (unpaired) electrons. The molecule has 1 N–H and O–H groups in total. The van der Waals surface area contributed by atoms with E-state index in [9.17, 15) is 4.79 Å². The van der Waals surface area contributed by atoms with Crippen molar-refractivity contribution < 1.29 is 4.79 Å². The van der Waals surface area contributed by atoms with Gasteiger partial charge in [-0.15, -0.1) is 0 Å². The van der Waals surface area contributed by atoms with E-state index >= 15 is 0 Å². The number of benzene rings is 2.